The third-order valence-corrected chi connectivity index (χ3v) is 6.10. The zero-order valence-electron chi connectivity index (χ0n) is 18.4. The standard InChI is InChI=1S/C23H36N4O3/c1-3-5-22(28)24-16-19-6-4-11-25(17-19)18-23(29)27-14-12-26(13-15-27)20-7-9-21(30-2)10-8-20/h7-10,19H,3-6,11-18H2,1-2H3,(H,24,28). The van der Waals surface area contributed by atoms with E-state index in [1.807, 2.05) is 24.0 Å². The molecule has 30 heavy (non-hydrogen) atoms. The summed E-state index contributed by atoms with van der Waals surface area (Å²) >= 11 is 0. The molecule has 166 valence electrons. The molecule has 0 saturated carbocycles. The molecule has 2 heterocycles. The summed E-state index contributed by atoms with van der Waals surface area (Å²) in [7, 11) is 1.67. The van der Waals surface area contributed by atoms with E-state index >= 15 is 0 Å². The van der Waals surface area contributed by atoms with Crippen molar-refractivity contribution in [3.05, 3.63) is 24.3 Å². The van der Waals surface area contributed by atoms with Crippen molar-refractivity contribution in [3.8, 4) is 5.75 Å². The number of amides is 2. The summed E-state index contributed by atoms with van der Waals surface area (Å²) in [5, 5.41) is 3.04. The fourth-order valence-corrected chi connectivity index (χ4v) is 4.33. The molecular weight excluding hydrogens is 380 g/mol. The number of nitrogens with one attached hydrogen (secondary N) is 1. The minimum absolute atomic E-state index is 0.139. The van der Waals surface area contributed by atoms with Gasteiger partial charge in [-0.1, -0.05) is 6.92 Å². The first kappa shape index (κ1) is 22.4. The highest BCUT2D eigenvalue weighted by atomic mass is 16.5. The van der Waals surface area contributed by atoms with Crippen LogP contribution in [0, 0.1) is 5.92 Å². The van der Waals surface area contributed by atoms with E-state index in [9.17, 15) is 9.59 Å². The number of rotatable bonds is 8. The molecular formula is C23H36N4O3. The van der Waals surface area contributed by atoms with Crippen LogP contribution < -0.4 is 15.0 Å². The third-order valence-electron chi connectivity index (χ3n) is 6.10. The number of hydrogen-bond acceptors (Lipinski definition) is 5. The maximum atomic E-state index is 12.8. The molecule has 7 heteroatoms. The first-order chi connectivity index (χ1) is 14.6. The second-order valence-corrected chi connectivity index (χ2v) is 8.36. The molecule has 3 rings (SSSR count). The van der Waals surface area contributed by atoms with Crippen LogP contribution in [0.2, 0.25) is 0 Å². The van der Waals surface area contributed by atoms with Gasteiger partial charge in [0, 0.05) is 51.4 Å². The Hall–Kier alpha value is -2.28. The summed E-state index contributed by atoms with van der Waals surface area (Å²) in [5.41, 5.74) is 1.17. The van der Waals surface area contributed by atoms with Crippen LogP contribution in [0.4, 0.5) is 5.69 Å². The number of carbonyl (C=O) groups excluding carboxylic acids is 2. The predicted octanol–water partition coefficient (Wildman–Crippen LogP) is 1.97. The fraction of sp³-hybridized carbons (Fsp3) is 0.652. The first-order valence-electron chi connectivity index (χ1n) is 11.2. The van der Waals surface area contributed by atoms with Gasteiger partial charge in [-0.3, -0.25) is 14.5 Å². The lowest BCUT2D eigenvalue weighted by Gasteiger charge is -2.38. The number of likely N-dealkylation sites (tertiary alicyclic amines) is 1. The average Bonchev–Trinajstić information content (AvgIpc) is 2.78. The van der Waals surface area contributed by atoms with Crippen molar-refractivity contribution in [1.82, 2.24) is 15.1 Å². The Morgan fingerprint density at radius 2 is 1.83 bits per heavy atom. The van der Waals surface area contributed by atoms with Crippen molar-refractivity contribution in [2.75, 3.05) is 64.4 Å². The Bertz CT molecular complexity index is 686. The Morgan fingerprint density at radius 3 is 2.50 bits per heavy atom. The summed E-state index contributed by atoms with van der Waals surface area (Å²) in [5.74, 6) is 1.66. The number of piperidine rings is 1. The Labute approximate surface area is 180 Å². The first-order valence-corrected chi connectivity index (χ1v) is 11.2. The van der Waals surface area contributed by atoms with Crippen molar-refractivity contribution < 1.29 is 14.3 Å². The molecule has 0 aliphatic carbocycles. The molecule has 0 bridgehead atoms. The lowest BCUT2D eigenvalue weighted by Crippen LogP contribution is -2.52. The molecule has 2 aliphatic rings. The van der Waals surface area contributed by atoms with Crippen LogP contribution >= 0.6 is 0 Å². The molecule has 1 unspecified atom stereocenters. The van der Waals surface area contributed by atoms with Crippen molar-refractivity contribution in [1.29, 1.82) is 0 Å². The largest absolute Gasteiger partial charge is 0.497 e. The van der Waals surface area contributed by atoms with Gasteiger partial charge in [0.1, 0.15) is 5.75 Å². The SMILES string of the molecule is CCCC(=O)NCC1CCCN(CC(=O)N2CCN(c3ccc(OC)cc3)CC2)C1. The number of ether oxygens (including phenoxy) is 1. The molecule has 2 amide bonds. The van der Waals surface area contributed by atoms with E-state index in [1.165, 1.54) is 5.69 Å². The molecule has 1 aromatic rings. The second-order valence-electron chi connectivity index (χ2n) is 8.36. The van der Waals surface area contributed by atoms with Gasteiger partial charge >= 0.3 is 0 Å². The summed E-state index contributed by atoms with van der Waals surface area (Å²) in [6.45, 7) is 8.32. The van der Waals surface area contributed by atoms with Crippen LogP contribution in [-0.2, 0) is 9.59 Å². The number of benzene rings is 1. The highest BCUT2D eigenvalue weighted by Gasteiger charge is 2.26. The van der Waals surface area contributed by atoms with Crippen LogP contribution in [0.25, 0.3) is 0 Å². The van der Waals surface area contributed by atoms with Gasteiger partial charge in [0.05, 0.1) is 13.7 Å². The van der Waals surface area contributed by atoms with E-state index in [1.54, 1.807) is 7.11 Å². The van der Waals surface area contributed by atoms with Crippen LogP contribution in [0.1, 0.15) is 32.6 Å². The number of piperazine rings is 1. The van der Waals surface area contributed by atoms with Gasteiger partial charge in [0.25, 0.3) is 0 Å². The minimum Gasteiger partial charge on any atom is -0.497 e. The molecule has 0 aromatic heterocycles. The predicted molar refractivity (Wildman–Crippen MR) is 119 cm³/mol. The van der Waals surface area contributed by atoms with E-state index < -0.39 is 0 Å². The number of carbonyl (C=O) groups is 2. The van der Waals surface area contributed by atoms with Crippen molar-refractivity contribution in [3.63, 3.8) is 0 Å². The lowest BCUT2D eigenvalue weighted by atomic mass is 9.98. The van der Waals surface area contributed by atoms with E-state index in [2.05, 4.69) is 27.2 Å². The number of hydrogen-bond donors (Lipinski definition) is 1. The zero-order chi connectivity index (χ0) is 21.3. The Balaban J connectivity index is 1.41. The second kappa shape index (κ2) is 11.2. The summed E-state index contributed by atoms with van der Waals surface area (Å²) < 4.78 is 5.23. The monoisotopic (exact) mass is 416 g/mol. The smallest absolute Gasteiger partial charge is 0.236 e. The van der Waals surface area contributed by atoms with E-state index in [4.69, 9.17) is 4.74 Å². The molecule has 2 fully saturated rings. The average molecular weight is 417 g/mol. The van der Waals surface area contributed by atoms with Crippen molar-refractivity contribution in [2.45, 2.75) is 32.6 Å². The Kier molecular flexibility index (Phi) is 8.37. The lowest BCUT2D eigenvalue weighted by molar-refractivity contribution is -0.133. The van der Waals surface area contributed by atoms with Gasteiger partial charge in [-0.25, -0.2) is 0 Å². The minimum atomic E-state index is 0.139. The van der Waals surface area contributed by atoms with Gasteiger partial charge in [0.2, 0.25) is 11.8 Å². The molecule has 7 nitrogen and oxygen atoms in total. The summed E-state index contributed by atoms with van der Waals surface area (Å²) in [6.07, 6.45) is 3.69. The van der Waals surface area contributed by atoms with Crippen molar-refractivity contribution >= 4 is 17.5 Å². The van der Waals surface area contributed by atoms with Gasteiger partial charge < -0.3 is 19.9 Å². The molecule has 2 aliphatic heterocycles. The van der Waals surface area contributed by atoms with Crippen LogP contribution in [0.15, 0.2) is 24.3 Å². The molecule has 2 saturated heterocycles. The van der Waals surface area contributed by atoms with Crippen LogP contribution in [0.5, 0.6) is 5.75 Å². The maximum Gasteiger partial charge on any atom is 0.236 e. The van der Waals surface area contributed by atoms with Crippen LogP contribution in [0.3, 0.4) is 0 Å². The topological polar surface area (TPSA) is 65.1 Å². The molecule has 1 atom stereocenters. The van der Waals surface area contributed by atoms with Gasteiger partial charge in [-0.2, -0.15) is 0 Å². The summed E-state index contributed by atoms with van der Waals surface area (Å²) in [6, 6.07) is 8.10. The number of nitrogens with zero attached hydrogens (tertiary/aromatic N) is 3. The zero-order valence-corrected chi connectivity index (χ0v) is 18.4. The van der Waals surface area contributed by atoms with Gasteiger partial charge in [0.15, 0.2) is 0 Å². The molecule has 1 N–H and O–H groups in total. The maximum absolute atomic E-state index is 12.8. The Morgan fingerprint density at radius 1 is 1.10 bits per heavy atom. The summed E-state index contributed by atoms with van der Waals surface area (Å²) in [4.78, 5) is 31.1. The third kappa shape index (κ3) is 6.36. The van der Waals surface area contributed by atoms with Crippen molar-refractivity contribution in [2.24, 2.45) is 5.92 Å². The quantitative estimate of drug-likeness (QED) is 0.702. The fourth-order valence-electron chi connectivity index (χ4n) is 4.33. The van der Waals surface area contributed by atoms with E-state index in [0.29, 0.717) is 18.9 Å². The van der Waals surface area contributed by atoms with Crippen LogP contribution in [-0.4, -0.2) is 81.1 Å². The molecule has 0 radical (unpaired) electrons. The van der Waals surface area contributed by atoms with Gasteiger partial charge in [-0.05, 0) is 56.0 Å². The normalized spacial score (nSPS) is 20.1. The number of methoxy groups -OCH3 is 1. The highest BCUT2D eigenvalue weighted by molar-refractivity contribution is 5.78. The molecule has 1 aromatic carbocycles. The number of anilines is 1. The highest BCUT2D eigenvalue weighted by Crippen LogP contribution is 2.21. The van der Waals surface area contributed by atoms with E-state index in [0.717, 1.165) is 70.8 Å². The van der Waals surface area contributed by atoms with E-state index in [-0.39, 0.29) is 11.8 Å². The molecule has 0 spiro atoms. The van der Waals surface area contributed by atoms with Gasteiger partial charge in [-0.15, -0.1) is 0 Å².